The van der Waals surface area contributed by atoms with Gasteiger partial charge in [-0.25, -0.2) is 8.42 Å². The SMILES string of the molecule is O=C(O)[C@H](CCO)NS(=O)(=O)c1cncc(Br)c1. The summed E-state index contributed by atoms with van der Waals surface area (Å²) in [6.07, 6.45) is 2.29. The Hall–Kier alpha value is -1.03. The van der Waals surface area contributed by atoms with Crippen molar-refractivity contribution in [3.05, 3.63) is 22.9 Å². The van der Waals surface area contributed by atoms with E-state index in [1.165, 1.54) is 12.3 Å². The van der Waals surface area contributed by atoms with Gasteiger partial charge in [-0.1, -0.05) is 0 Å². The van der Waals surface area contributed by atoms with Crippen molar-refractivity contribution in [2.75, 3.05) is 6.61 Å². The first-order valence-electron chi connectivity index (χ1n) is 4.83. The Labute approximate surface area is 112 Å². The first-order valence-corrected chi connectivity index (χ1v) is 7.11. The van der Waals surface area contributed by atoms with Gasteiger partial charge >= 0.3 is 5.97 Å². The van der Waals surface area contributed by atoms with Gasteiger partial charge in [-0.15, -0.1) is 0 Å². The Morgan fingerprint density at radius 3 is 2.67 bits per heavy atom. The van der Waals surface area contributed by atoms with E-state index in [-0.39, 0.29) is 11.3 Å². The largest absolute Gasteiger partial charge is 0.480 e. The number of nitrogens with one attached hydrogen (secondary N) is 1. The molecule has 0 spiro atoms. The molecule has 1 aromatic rings. The maximum absolute atomic E-state index is 11.9. The van der Waals surface area contributed by atoms with Gasteiger partial charge < -0.3 is 10.2 Å². The Morgan fingerprint density at radius 1 is 1.50 bits per heavy atom. The number of aliphatic hydroxyl groups is 1. The first kappa shape index (κ1) is 15.0. The number of hydrogen-bond donors (Lipinski definition) is 3. The van der Waals surface area contributed by atoms with E-state index >= 15 is 0 Å². The van der Waals surface area contributed by atoms with Gasteiger partial charge in [0, 0.05) is 23.5 Å². The van der Waals surface area contributed by atoms with Crippen molar-refractivity contribution < 1.29 is 23.4 Å². The van der Waals surface area contributed by atoms with Crippen molar-refractivity contribution in [1.82, 2.24) is 9.71 Å². The zero-order valence-corrected chi connectivity index (χ0v) is 11.5. The smallest absolute Gasteiger partial charge is 0.321 e. The van der Waals surface area contributed by atoms with Crippen LogP contribution >= 0.6 is 15.9 Å². The van der Waals surface area contributed by atoms with Crippen LogP contribution in [0.15, 0.2) is 27.8 Å². The third kappa shape index (κ3) is 4.02. The highest BCUT2D eigenvalue weighted by molar-refractivity contribution is 9.10. The fourth-order valence-corrected chi connectivity index (χ4v) is 2.88. The van der Waals surface area contributed by atoms with Crippen LogP contribution in [0.5, 0.6) is 0 Å². The molecule has 100 valence electrons. The number of aliphatic carboxylic acids is 1. The number of pyridine rings is 1. The molecule has 0 amide bonds. The Morgan fingerprint density at radius 2 is 2.17 bits per heavy atom. The van der Waals surface area contributed by atoms with Crippen molar-refractivity contribution in [3.8, 4) is 0 Å². The van der Waals surface area contributed by atoms with Gasteiger partial charge in [0.25, 0.3) is 0 Å². The summed E-state index contributed by atoms with van der Waals surface area (Å²) in [4.78, 5) is 14.3. The van der Waals surface area contributed by atoms with Gasteiger partial charge in [0.1, 0.15) is 10.9 Å². The van der Waals surface area contributed by atoms with Gasteiger partial charge in [-0.05, 0) is 28.4 Å². The van der Waals surface area contributed by atoms with Crippen molar-refractivity contribution in [1.29, 1.82) is 0 Å². The maximum atomic E-state index is 11.9. The van der Waals surface area contributed by atoms with E-state index in [0.717, 1.165) is 6.20 Å². The molecule has 0 aliphatic carbocycles. The van der Waals surface area contributed by atoms with Gasteiger partial charge in [-0.2, -0.15) is 4.72 Å². The molecular formula is C9H11BrN2O5S. The molecular weight excluding hydrogens is 328 g/mol. The van der Waals surface area contributed by atoms with Crippen molar-refractivity contribution in [3.63, 3.8) is 0 Å². The second-order valence-corrected chi connectivity index (χ2v) is 5.99. The molecule has 0 saturated heterocycles. The quantitative estimate of drug-likeness (QED) is 0.670. The molecule has 0 saturated carbocycles. The monoisotopic (exact) mass is 338 g/mol. The van der Waals surface area contributed by atoms with Crippen LogP contribution in [0.4, 0.5) is 0 Å². The number of rotatable bonds is 6. The van der Waals surface area contributed by atoms with Gasteiger partial charge in [0.2, 0.25) is 10.0 Å². The fourth-order valence-electron chi connectivity index (χ4n) is 1.16. The molecule has 3 N–H and O–H groups in total. The summed E-state index contributed by atoms with van der Waals surface area (Å²) in [5.41, 5.74) is 0. The minimum atomic E-state index is -3.98. The lowest BCUT2D eigenvalue weighted by Crippen LogP contribution is -2.41. The van der Waals surface area contributed by atoms with Crippen LogP contribution in [0.2, 0.25) is 0 Å². The number of aliphatic hydroxyl groups excluding tert-OH is 1. The average Bonchev–Trinajstić information content (AvgIpc) is 2.28. The maximum Gasteiger partial charge on any atom is 0.321 e. The average molecular weight is 339 g/mol. The molecule has 1 atom stereocenters. The number of hydrogen-bond acceptors (Lipinski definition) is 5. The molecule has 0 fully saturated rings. The minimum absolute atomic E-state index is 0.152. The van der Waals surface area contributed by atoms with Crippen molar-refractivity contribution in [2.45, 2.75) is 17.4 Å². The van der Waals surface area contributed by atoms with Gasteiger partial charge in [0.15, 0.2) is 0 Å². The van der Waals surface area contributed by atoms with Crippen LogP contribution in [0.3, 0.4) is 0 Å². The normalized spacial score (nSPS) is 13.2. The van der Waals surface area contributed by atoms with E-state index in [4.69, 9.17) is 10.2 Å². The van der Waals surface area contributed by atoms with Crippen LogP contribution in [0.25, 0.3) is 0 Å². The standard InChI is InChI=1S/C9H11BrN2O5S/c10-6-3-7(5-11-4-6)18(16,17)12-8(1-2-13)9(14)15/h3-5,8,12-13H,1-2H2,(H,14,15)/t8-/m0/s1. The third-order valence-corrected chi connectivity index (χ3v) is 3.88. The molecule has 0 aliphatic rings. The van der Waals surface area contributed by atoms with E-state index in [1.807, 2.05) is 4.72 Å². The lowest BCUT2D eigenvalue weighted by Gasteiger charge is -2.13. The molecule has 18 heavy (non-hydrogen) atoms. The summed E-state index contributed by atoms with van der Waals surface area (Å²) in [6, 6.07) is -0.0771. The highest BCUT2D eigenvalue weighted by Gasteiger charge is 2.25. The number of sulfonamides is 1. The van der Waals surface area contributed by atoms with E-state index in [0.29, 0.717) is 4.47 Å². The number of aromatic nitrogens is 1. The topological polar surface area (TPSA) is 117 Å². The highest BCUT2D eigenvalue weighted by atomic mass is 79.9. The van der Waals surface area contributed by atoms with Crippen LogP contribution in [0.1, 0.15) is 6.42 Å². The second kappa shape index (κ2) is 6.23. The number of carboxylic acids is 1. The Balaban J connectivity index is 2.97. The summed E-state index contributed by atoms with van der Waals surface area (Å²) in [6.45, 7) is -0.434. The molecule has 0 unspecified atom stereocenters. The molecule has 0 radical (unpaired) electrons. The lowest BCUT2D eigenvalue weighted by atomic mass is 10.2. The summed E-state index contributed by atoms with van der Waals surface area (Å²) >= 11 is 3.07. The molecule has 0 aromatic carbocycles. The molecule has 0 aliphatic heterocycles. The number of nitrogens with zero attached hydrogens (tertiary/aromatic N) is 1. The van der Waals surface area contributed by atoms with Crippen LogP contribution in [-0.2, 0) is 14.8 Å². The lowest BCUT2D eigenvalue weighted by molar-refractivity contribution is -0.139. The van der Waals surface area contributed by atoms with Crippen LogP contribution in [0, 0.1) is 0 Å². The second-order valence-electron chi connectivity index (χ2n) is 3.36. The van der Waals surface area contributed by atoms with E-state index in [2.05, 4.69) is 20.9 Å². The molecule has 1 aromatic heterocycles. The highest BCUT2D eigenvalue weighted by Crippen LogP contribution is 2.14. The van der Waals surface area contributed by atoms with E-state index < -0.39 is 28.6 Å². The predicted octanol–water partition coefficient (Wildman–Crippen LogP) is -0.0420. The summed E-state index contributed by atoms with van der Waals surface area (Å²) < 4.78 is 26.2. The van der Waals surface area contributed by atoms with Crippen LogP contribution in [-0.4, -0.2) is 42.2 Å². The predicted molar refractivity (Wildman–Crippen MR) is 65.4 cm³/mol. The molecule has 1 heterocycles. The van der Waals surface area contributed by atoms with Gasteiger partial charge in [0.05, 0.1) is 0 Å². The molecule has 9 heteroatoms. The molecule has 7 nitrogen and oxygen atoms in total. The van der Waals surface area contributed by atoms with Crippen LogP contribution < -0.4 is 4.72 Å². The third-order valence-electron chi connectivity index (χ3n) is 2.00. The summed E-state index contributed by atoms with van der Waals surface area (Å²) in [7, 11) is -3.98. The van der Waals surface area contributed by atoms with E-state index in [1.54, 1.807) is 0 Å². The molecule has 1 rings (SSSR count). The van der Waals surface area contributed by atoms with Crippen molar-refractivity contribution in [2.24, 2.45) is 0 Å². The minimum Gasteiger partial charge on any atom is -0.480 e. The molecule has 0 bridgehead atoms. The van der Waals surface area contributed by atoms with Crippen molar-refractivity contribution >= 4 is 31.9 Å². The van der Waals surface area contributed by atoms with Gasteiger partial charge in [-0.3, -0.25) is 9.78 Å². The summed E-state index contributed by atoms with van der Waals surface area (Å²) in [5.74, 6) is -1.35. The number of carbonyl (C=O) groups is 1. The Bertz CT molecular complexity index is 534. The number of carboxylic acid groups (broad SMARTS) is 1. The first-order chi connectivity index (χ1) is 8.36. The Kier molecular flexibility index (Phi) is 5.20. The number of halogens is 1. The zero-order valence-electron chi connectivity index (χ0n) is 9.08. The fraction of sp³-hybridized carbons (Fsp3) is 0.333. The van der Waals surface area contributed by atoms with E-state index in [9.17, 15) is 13.2 Å². The summed E-state index contributed by atoms with van der Waals surface area (Å²) in [5, 5.41) is 17.5. The zero-order chi connectivity index (χ0) is 13.8.